The molecule has 3 aromatic rings. The van der Waals surface area contributed by atoms with Gasteiger partial charge in [-0.15, -0.1) is 0 Å². The Morgan fingerprint density at radius 2 is 1.70 bits per heavy atom. The van der Waals surface area contributed by atoms with Crippen molar-refractivity contribution in [3.63, 3.8) is 0 Å². The summed E-state index contributed by atoms with van der Waals surface area (Å²) in [6.45, 7) is 2.86. The molecule has 1 heterocycles. The van der Waals surface area contributed by atoms with Gasteiger partial charge >= 0.3 is 0 Å². The number of pyridine rings is 1. The van der Waals surface area contributed by atoms with Crippen LogP contribution in [0.15, 0.2) is 78.1 Å². The van der Waals surface area contributed by atoms with E-state index in [1.807, 2.05) is 49.4 Å². The van der Waals surface area contributed by atoms with Crippen LogP contribution in [0.25, 0.3) is 0 Å². The standard InChI is InChI=1S/C24H26N4O5/c1-2-30-18-10-12-19(13-11-18)31-16-15-26-22(29)17-32-28-23(25)21-9-6-14-27-24(21)33-20-7-4-3-5-8-20/h3-14H,2,15-17H2,1H3,(H2,25,28)(H,26,29). The third-order valence-electron chi connectivity index (χ3n) is 4.19. The van der Waals surface area contributed by atoms with Crippen molar-refractivity contribution in [1.29, 1.82) is 0 Å². The minimum atomic E-state index is -0.353. The summed E-state index contributed by atoms with van der Waals surface area (Å²) in [6.07, 6.45) is 1.58. The van der Waals surface area contributed by atoms with E-state index in [2.05, 4.69) is 15.5 Å². The van der Waals surface area contributed by atoms with E-state index in [1.54, 1.807) is 30.5 Å². The topological polar surface area (TPSA) is 117 Å². The van der Waals surface area contributed by atoms with Gasteiger partial charge in [-0.2, -0.15) is 0 Å². The van der Waals surface area contributed by atoms with Crippen molar-refractivity contribution in [2.24, 2.45) is 10.9 Å². The number of aromatic nitrogens is 1. The summed E-state index contributed by atoms with van der Waals surface area (Å²) in [5.41, 5.74) is 6.45. The molecule has 33 heavy (non-hydrogen) atoms. The monoisotopic (exact) mass is 450 g/mol. The van der Waals surface area contributed by atoms with Crippen LogP contribution in [-0.4, -0.2) is 43.1 Å². The Balaban J connectivity index is 1.41. The van der Waals surface area contributed by atoms with Crippen LogP contribution in [0, 0.1) is 0 Å². The Kier molecular flexibility index (Phi) is 8.90. The molecule has 1 aromatic heterocycles. The maximum Gasteiger partial charge on any atom is 0.260 e. The highest BCUT2D eigenvalue weighted by Crippen LogP contribution is 2.22. The average molecular weight is 450 g/mol. The van der Waals surface area contributed by atoms with Crippen molar-refractivity contribution >= 4 is 11.7 Å². The summed E-state index contributed by atoms with van der Waals surface area (Å²) in [5, 5.41) is 6.49. The van der Waals surface area contributed by atoms with Gasteiger partial charge in [0.2, 0.25) is 5.88 Å². The van der Waals surface area contributed by atoms with Gasteiger partial charge in [-0.05, 0) is 55.5 Å². The molecule has 9 heteroatoms. The Bertz CT molecular complexity index is 1040. The summed E-state index contributed by atoms with van der Waals surface area (Å²) in [6, 6.07) is 19.8. The van der Waals surface area contributed by atoms with Crippen LogP contribution < -0.4 is 25.3 Å². The Morgan fingerprint density at radius 1 is 0.970 bits per heavy atom. The highest BCUT2D eigenvalue weighted by Gasteiger charge is 2.11. The number of benzene rings is 2. The van der Waals surface area contributed by atoms with Gasteiger partial charge in [-0.25, -0.2) is 4.98 Å². The fraction of sp³-hybridized carbons (Fsp3) is 0.208. The first-order valence-corrected chi connectivity index (χ1v) is 10.4. The molecule has 1 amide bonds. The normalized spacial score (nSPS) is 10.9. The van der Waals surface area contributed by atoms with Crippen LogP contribution in [-0.2, 0) is 9.63 Å². The van der Waals surface area contributed by atoms with Crippen molar-refractivity contribution < 1.29 is 23.8 Å². The fourth-order valence-electron chi connectivity index (χ4n) is 2.69. The van der Waals surface area contributed by atoms with Crippen molar-refractivity contribution in [1.82, 2.24) is 10.3 Å². The number of nitrogens with one attached hydrogen (secondary N) is 1. The Hall–Kier alpha value is -4.27. The summed E-state index contributed by atoms with van der Waals surface area (Å²) in [5.74, 6) is 2.04. The number of nitrogens with two attached hydrogens (primary N) is 1. The lowest BCUT2D eigenvalue weighted by molar-refractivity contribution is -0.125. The average Bonchev–Trinajstić information content (AvgIpc) is 2.84. The van der Waals surface area contributed by atoms with Gasteiger partial charge in [0, 0.05) is 6.20 Å². The van der Waals surface area contributed by atoms with E-state index in [9.17, 15) is 4.79 Å². The number of amidine groups is 1. The molecule has 0 bridgehead atoms. The summed E-state index contributed by atoms with van der Waals surface area (Å²) in [7, 11) is 0. The van der Waals surface area contributed by atoms with Crippen molar-refractivity contribution in [3.05, 3.63) is 78.5 Å². The molecule has 0 aliphatic heterocycles. The van der Waals surface area contributed by atoms with E-state index < -0.39 is 0 Å². The van der Waals surface area contributed by atoms with Crippen LogP contribution in [0.5, 0.6) is 23.1 Å². The highest BCUT2D eigenvalue weighted by molar-refractivity contribution is 5.99. The quantitative estimate of drug-likeness (QED) is 0.188. The van der Waals surface area contributed by atoms with Gasteiger partial charge in [0.25, 0.3) is 5.91 Å². The van der Waals surface area contributed by atoms with Gasteiger partial charge in [-0.3, -0.25) is 4.79 Å². The van der Waals surface area contributed by atoms with Gasteiger partial charge in [0.05, 0.1) is 18.7 Å². The Labute approximate surface area is 192 Å². The second kappa shape index (κ2) is 12.6. The maximum absolute atomic E-state index is 11.9. The molecular formula is C24H26N4O5. The van der Waals surface area contributed by atoms with Gasteiger partial charge in [0.15, 0.2) is 12.4 Å². The first-order valence-electron chi connectivity index (χ1n) is 10.4. The molecule has 172 valence electrons. The molecule has 9 nitrogen and oxygen atoms in total. The molecule has 0 spiro atoms. The summed E-state index contributed by atoms with van der Waals surface area (Å²) >= 11 is 0. The predicted octanol–water partition coefficient (Wildman–Crippen LogP) is 3.10. The lowest BCUT2D eigenvalue weighted by atomic mass is 10.2. The Morgan fingerprint density at radius 3 is 2.42 bits per heavy atom. The number of hydrogen-bond donors (Lipinski definition) is 2. The van der Waals surface area contributed by atoms with Crippen LogP contribution in [0.3, 0.4) is 0 Å². The number of ether oxygens (including phenoxy) is 3. The highest BCUT2D eigenvalue weighted by atomic mass is 16.6. The molecule has 0 aliphatic rings. The second-order valence-corrected chi connectivity index (χ2v) is 6.62. The molecule has 0 fully saturated rings. The SMILES string of the molecule is CCOc1ccc(OCCNC(=O)CO/N=C(/N)c2cccnc2Oc2ccccc2)cc1. The second-order valence-electron chi connectivity index (χ2n) is 6.62. The summed E-state index contributed by atoms with van der Waals surface area (Å²) in [4.78, 5) is 21.2. The minimum absolute atomic E-state index is 0.0423. The number of carbonyl (C=O) groups is 1. The van der Waals surface area contributed by atoms with Gasteiger partial charge in [-0.1, -0.05) is 23.4 Å². The van der Waals surface area contributed by atoms with Crippen LogP contribution in [0.1, 0.15) is 12.5 Å². The molecule has 0 saturated heterocycles. The summed E-state index contributed by atoms with van der Waals surface area (Å²) < 4.78 is 16.7. The van der Waals surface area contributed by atoms with Crippen molar-refractivity contribution in [3.8, 4) is 23.1 Å². The van der Waals surface area contributed by atoms with E-state index in [4.69, 9.17) is 24.8 Å². The number of carbonyl (C=O) groups excluding carboxylic acids is 1. The van der Waals surface area contributed by atoms with Crippen molar-refractivity contribution in [2.45, 2.75) is 6.92 Å². The van der Waals surface area contributed by atoms with E-state index in [-0.39, 0.29) is 24.2 Å². The smallest absolute Gasteiger partial charge is 0.260 e. The number of rotatable bonds is 12. The zero-order valence-electron chi connectivity index (χ0n) is 18.3. The van der Waals surface area contributed by atoms with Crippen LogP contribution in [0.4, 0.5) is 0 Å². The predicted molar refractivity (Wildman–Crippen MR) is 124 cm³/mol. The lowest BCUT2D eigenvalue weighted by Crippen LogP contribution is -2.31. The first kappa shape index (κ1) is 23.4. The lowest BCUT2D eigenvalue weighted by Gasteiger charge is -2.10. The number of oxime groups is 1. The van der Waals surface area contributed by atoms with Gasteiger partial charge in [0.1, 0.15) is 23.9 Å². The molecule has 2 aromatic carbocycles. The third-order valence-corrected chi connectivity index (χ3v) is 4.19. The molecule has 3 rings (SSSR count). The van der Waals surface area contributed by atoms with E-state index in [0.29, 0.717) is 36.8 Å². The fourth-order valence-corrected chi connectivity index (χ4v) is 2.69. The minimum Gasteiger partial charge on any atom is -0.494 e. The zero-order chi connectivity index (χ0) is 23.3. The van der Waals surface area contributed by atoms with Crippen LogP contribution >= 0.6 is 0 Å². The molecule has 0 radical (unpaired) electrons. The number of nitrogens with zero attached hydrogens (tertiary/aromatic N) is 2. The molecule has 0 unspecified atom stereocenters. The zero-order valence-corrected chi connectivity index (χ0v) is 18.3. The molecular weight excluding hydrogens is 424 g/mol. The van der Waals surface area contributed by atoms with E-state index in [1.165, 1.54) is 0 Å². The maximum atomic E-state index is 11.9. The van der Waals surface area contributed by atoms with Crippen molar-refractivity contribution in [2.75, 3.05) is 26.4 Å². The molecule has 0 saturated carbocycles. The molecule has 3 N–H and O–H groups in total. The third kappa shape index (κ3) is 7.73. The number of hydrogen-bond acceptors (Lipinski definition) is 7. The first-order chi connectivity index (χ1) is 16.2. The largest absolute Gasteiger partial charge is 0.494 e. The number of para-hydroxylation sites is 1. The van der Waals surface area contributed by atoms with E-state index >= 15 is 0 Å². The molecule has 0 atom stereocenters. The van der Waals surface area contributed by atoms with E-state index in [0.717, 1.165) is 5.75 Å². The van der Waals surface area contributed by atoms with Gasteiger partial charge < -0.3 is 30.1 Å². The molecule has 0 aliphatic carbocycles. The number of amides is 1. The van der Waals surface area contributed by atoms with Crippen LogP contribution in [0.2, 0.25) is 0 Å².